The van der Waals surface area contributed by atoms with Gasteiger partial charge in [-0.25, -0.2) is 0 Å². The summed E-state index contributed by atoms with van der Waals surface area (Å²) < 4.78 is 0. The zero-order chi connectivity index (χ0) is 17.8. The Kier molecular flexibility index (Phi) is 10.2. The lowest BCUT2D eigenvalue weighted by Gasteiger charge is -2.29. The molecule has 0 saturated carbocycles. The number of nitrogens with two attached hydrogens (primary N) is 1. The molecule has 0 saturated heterocycles. The third kappa shape index (κ3) is 10.1. The molecule has 5 nitrogen and oxygen atoms in total. The van der Waals surface area contributed by atoms with Crippen molar-refractivity contribution in [2.24, 2.45) is 5.73 Å². The van der Waals surface area contributed by atoms with E-state index < -0.39 is 7.12 Å². The van der Waals surface area contributed by atoms with Crippen LogP contribution in [-0.2, 0) is 6.54 Å². The van der Waals surface area contributed by atoms with Crippen LogP contribution in [0.2, 0.25) is 6.32 Å². The standard InChI is InChI=1S/C18H34BN3O2/c1-18(20,10-6-7-12-19(23)24)11-14-22(15-13-21-2)16-17-8-4-3-5-9-17/h3-5,8-9,21,23-24H,6-7,10-16,20H2,1-2H3. The van der Waals surface area contributed by atoms with Crippen LogP contribution < -0.4 is 11.1 Å². The van der Waals surface area contributed by atoms with E-state index in [2.05, 4.69) is 41.4 Å². The maximum Gasteiger partial charge on any atom is 0.451 e. The lowest BCUT2D eigenvalue weighted by atomic mass is 9.82. The van der Waals surface area contributed by atoms with Gasteiger partial charge in [-0.2, -0.15) is 0 Å². The first-order valence-electron chi connectivity index (χ1n) is 8.99. The zero-order valence-corrected chi connectivity index (χ0v) is 15.2. The highest BCUT2D eigenvalue weighted by Gasteiger charge is 2.20. The van der Waals surface area contributed by atoms with Gasteiger partial charge in [0.1, 0.15) is 0 Å². The lowest BCUT2D eigenvalue weighted by Crippen LogP contribution is -2.41. The Morgan fingerprint density at radius 2 is 1.83 bits per heavy atom. The molecule has 0 aromatic heterocycles. The van der Waals surface area contributed by atoms with E-state index in [-0.39, 0.29) is 5.54 Å². The first-order chi connectivity index (χ1) is 11.4. The summed E-state index contributed by atoms with van der Waals surface area (Å²) in [6, 6.07) is 10.5. The molecular weight excluding hydrogens is 301 g/mol. The van der Waals surface area contributed by atoms with E-state index in [1.807, 2.05) is 13.1 Å². The number of benzene rings is 1. The Morgan fingerprint density at radius 1 is 1.12 bits per heavy atom. The summed E-state index contributed by atoms with van der Waals surface area (Å²) in [4.78, 5) is 2.44. The van der Waals surface area contributed by atoms with Crippen molar-refractivity contribution in [3.05, 3.63) is 35.9 Å². The second-order valence-corrected chi connectivity index (χ2v) is 7.00. The average molecular weight is 335 g/mol. The smallest absolute Gasteiger partial charge is 0.427 e. The molecule has 0 aliphatic carbocycles. The largest absolute Gasteiger partial charge is 0.451 e. The molecule has 6 heteroatoms. The van der Waals surface area contributed by atoms with Crippen LogP contribution >= 0.6 is 0 Å². The van der Waals surface area contributed by atoms with Crippen LogP contribution in [0.3, 0.4) is 0 Å². The van der Waals surface area contributed by atoms with Crippen molar-refractivity contribution >= 4 is 7.12 Å². The molecular formula is C18H34BN3O2. The fraction of sp³-hybridized carbons (Fsp3) is 0.667. The van der Waals surface area contributed by atoms with Gasteiger partial charge in [0.2, 0.25) is 0 Å². The molecule has 0 radical (unpaired) electrons. The van der Waals surface area contributed by atoms with Gasteiger partial charge >= 0.3 is 7.12 Å². The highest BCUT2D eigenvalue weighted by Crippen LogP contribution is 2.17. The maximum absolute atomic E-state index is 8.89. The van der Waals surface area contributed by atoms with E-state index in [0.717, 1.165) is 51.9 Å². The molecule has 1 aromatic rings. The van der Waals surface area contributed by atoms with Gasteiger partial charge in [-0.05, 0) is 38.7 Å². The Labute approximate surface area is 147 Å². The van der Waals surface area contributed by atoms with Crippen LogP contribution in [0.25, 0.3) is 0 Å². The summed E-state index contributed by atoms with van der Waals surface area (Å²) in [5, 5.41) is 21.0. The summed E-state index contributed by atoms with van der Waals surface area (Å²) in [5.74, 6) is 0. The predicted octanol–water partition coefficient (Wildman–Crippen LogP) is 1.46. The number of unbranched alkanes of at least 4 members (excludes halogenated alkanes) is 1. The molecule has 0 aliphatic rings. The molecule has 5 N–H and O–H groups in total. The molecule has 0 heterocycles. The summed E-state index contributed by atoms with van der Waals surface area (Å²) in [7, 11) is 0.778. The monoisotopic (exact) mass is 335 g/mol. The van der Waals surface area contributed by atoms with E-state index >= 15 is 0 Å². The number of hydrogen-bond donors (Lipinski definition) is 4. The molecule has 0 fully saturated rings. The summed E-state index contributed by atoms with van der Waals surface area (Å²) in [6.45, 7) is 5.96. The number of nitrogens with one attached hydrogen (secondary N) is 1. The summed E-state index contributed by atoms with van der Waals surface area (Å²) >= 11 is 0. The zero-order valence-electron chi connectivity index (χ0n) is 15.2. The molecule has 1 unspecified atom stereocenters. The van der Waals surface area contributed by atoms with Gasteiger partial charge in [0.15, 0.2) is 0 Å². The second kappa shape index (κ2) is 11.6. The van der Waals surface area contributed by atoms with Gasteiger partial charge < -0.3 is 21.1 Å². The first-order valence-corrected chi connectivity index (χ1v) is 8.99. The molecule has 1 rings (SSSR count). The predicted molar refractivity (Wildman–Crippen MR) is 102 cm³/mol. The number of rotatable bonds is 13. The van der Waals surface area contributed by atoms with Crippen molar-refractivity contribution in [3.8, 4) is 0 Å². The SMILES string of the molecule is CNCCN(CCC(C)(N)CCCCB(O)O)Cc1ccccc1. The molecule has 0 bridgehead atoms. The Morgan fingerprint density at radius 3 is 2.46 bits per heavy atom. The van der Waals surface area contributed by atoms with Crippen LogP contribution in [-0.4, -0.2) is 54.3 Å². The van der Waals surface area contributed by atoms with Gasteiger partial charge in [-0.15, -0.1) is 0 Å². The summed E-state index contributed by atoms with van der Waals surface area (Å²) in [5.41, 5.74) is 7.55. The first kappa shape index (κ1) is 21.1. The average Bonchev–Trinajstić information content (AvgIpc) is 2.55. The Bertz CT molecular complexity index is 430. The van der Waals surface area contributed by atoms with Crippen LogP contribution in [0.15, 0.2) is 30.3 Å². The van der Waals surface area contributed by atoms with Crippen molar-refractivity contribution < 1.29 is 10.0 Å². The maximum atomic E-state index is 8.89. The van der Waals surface area contributed by atoms with Crippen molar-refractivity contribution in [2.75, 3.05) is 26.7 Å². The second-order valence-electron chi connectivity index (χ2n) is 7.00. The molecule has 136 valence electrons. The Hall–Kier alpha value is -0.915. The molecule has 24 heavy (non-hydrogen) atoms. The van der Waals surface area contributed by atoms with Crippen LogP contribution in [0.4, 0.5) is 0 Å². The van der Waals surface area contributed by atoms with Gasteiger partial charge in [-0.3, -0.25) is 4.90 Å². The fourth-order valence-corrected chi connectivity index (χ4v) is 2.78. The minimum Gasteiger partial charge on any atom is -0.427 e. The van der Waals surface area contributed by atoms with E-state index in [1.54, 1.807) is 0 Å². The van der Waals surface area contributed by atoms with Gasteiger partial charge in [0, 0.05) is 31.7 Å². The minimum atomic E-state index is -1.20. The fourth-order valence-electron chi connectivity index (χ4n) is 2.78. The highest BCUT2D eigenvalue weighted by molar-refractivity contribution is 6.40. The highest BCUT2D eigenvalue weighted by atomic mass is 16.4. The lowest BCUT2D eigenvalue weighted by molar-refractivity contribution is 0.231. The van der Waals surface area contributed by atoms with Crippen molar-refractivity contribution in [1.29, 1.82) is 0 Å². The van der Waals surface area contributed by atoms with Gasteiger partial charge in [0.25, 0.3) is 0 Å². The van der Waals surface area contributed by atoms with Crippen molar-refractivity contribution in [1.82, 2.24) is 10.2 Å². The van der Waals surface area contributed by atoms with E-state index in [1.165, 1.54) is 5.56 Å². The molecule has 0 amide bonds. The topological polar surface area (TPSA) is 81.8 Å². The van der Waals surface area contributed by atoms with Crippen molar-refractivity contribution in [3.63, 3.8) is 0 Å². The third-order valence-electron chi connectivity index (χ3n) is 4.39. The molecule has 1 atom stereocenters. The van der Waals surface area contributed by atoms with E-state index in [9.17, 15) is 0 Å². The number of likely N-dealkylation sites (N-methyl/N-ethyl adjacent to an activating group) is 1. The number of hydrogen-bond acceptors (Lipinski definition) is 5. The van der Waals surface area contributed by atoms with E-state index in [4.69, 9.17) is 15.8 Å². The summed E-state index contributed by atoms with van der Waals surface area (Å²) in [6.07, 6.45) is 4.01. The Balaban J connectivity index is 2.41. The van der Waals surface area contributed by atoms with Crippen LogP contribution in [0.5, 0.6) is 0 Å². The number of nitrogens with zero attached hydrogens (tertiary/aromatic N) is 1. The minimum absolute atomic E-state index is 0.213. The van der Waals surface area contributed by atoms with Crippen LogP contribution in [0.1, 0.15) is 38.2 Å². The molecule has 0 aliphatic heterocycles. The normalized spacial score (nSPS) is 13.9. The molecule has 1 aromatic carbocycles. The third-order valence-corrected chi connectivity index (χ3v) is 4.39. The molecule has 0 spiro atoms. The van der Waals surface area contributed by atoms with Gasteiger partial charge in [0.05, 0.1) is 0 Å². The quantitative estimate of drug-likeness (QED) is 0.324. The van der Waals surface area contributed by atoms with Crippen LogP contribution in [0, 0.1) is 0 Å². The van der Waals surface area contributed by atoms with Gasteiger partial charge in [-0.1, -0.05) is 43.2 Å². The van der Waals surface area contributed by atoms with E-state index in [0.29, 0.717) is 6.32 Å². The van der Waals surface area contributed by atoms with Crippen molar-refractivity contribution in [2.45, 2.75) is 51.0 Å².